The first-order valence-electron chi connectivity index (χ1n) is 8.74. The topological polar surface area (TPSA) is 74.3 Å². The molecule has 3 rings (SSSR count). The number of amides is 1. The molecule has 5 nitrogen and oxygen atoms in total. The van der Waals surface area contributed by atoms with Crippen molar-refractivity contribution >= 4 is 22.6 Å². The SMILES string of the molecule is CCCCOc1ccc2c(c1)c(C(=O)C(N)=O)cn2Cc1ccccc1. The number of Topliss-reactive ketones (excluding diaryl/α,β-unsaturated/α-hetero) is 1. The molecule has 5 heteroatoms. The highest BCUT2D eigenvalue weighted by atomic mass is 16.5. The molecular weight excluding hydrogens is 328 g/mol. The maximum absolute atomic E-state index is 12.3. The second-order valence-corrected chi connectivity index (χ2v) is 6.23. The van der Waals surface area contributed by atoms with Gasteiger partial charge in [0.15, 0.2) is 0 Å². The Morgan fingerprint density at radius 1 is 1.12 bits per heavy atom. The lowest BCUT2D eigenvalue weighted by molar-refractivity contribution is -0.114. The first-order valence-corrected chi connectivity index (χ1v) is 8.74. The first-order chi connectivity index (χ1) is 12.6. The van der Waals surface area contributed by atoms with Gasteiger partial charge in [-0.25, -0.2) is 0 Å². The van der Waals surface area contributed by atoms with Crippen LogP contribution in [0, 0.1) is 0 Å². The molecule has 0 aliphatic carbocycles. The minimum atomic E-state index is -0.957. The van der Waals surface area contributed by atoms with Crippen LogP contribution in [0.1, 0.15) is 35.7 Å². The normalized spacial score (nSPS) is 10.8. The molecule has 0 saturated carbocycles. The molecule has 0 saturated heterocycles. The summed E-state index contributed by atoms with van der Waals surface area (Å²) in [5.41, 5.74) is 7.50. The van der Waals surface area contributed by atoms with Crippen molar-refractivity contribution in [3.63, 3.8) is 0 Å². The van der Waals surface area contributed by atoms with E-state index in [9.17, 15) is 9.59 Å². The van der Waals surface area contributed by atoms with Gasteiger partial charge in [0.2, 0.25) is 0 Å². The van der Waals surface area contributed by atoms with E-state index in [1.54, 1.807) is 6.20 Å². The van der Waals surface area contributed by atoms with Gasteiger partial charge >= 0.3 is 0 Å². The van der Waals surface area contributed by atoms with Crippen molar-refractivity contribution in [1.82, 2.24) is 4.57 Å². The van der Waals surface area contributed by atoms with E-state index in [-0.39, 0.29) is 0 Å². The monoisotopic (exact) mass is 350 g/mol. The lowest BCUT2D eigenvalue weighted by Crippen LogP contribution is -2.22. The van der Waals surface area contributed by atoms with Crippen molar-refractivity contribution in [1.29, 1.82) is 0 Å². The molecule has 3 aromatic rings. The van der Waals surface area contributed by atoms with Crippen LogP contribution in [0.4, 0.5) is 0 Å². The summed E-state index contributed by atoms with van der Waals surface area (Å²) in [4.78, 5) is 23.7. The average Bonchev–Trinajstić information content (AvgIpc) is 3.00. The quantitative estimate of drug-likeness (QED) is 0.384. The number of aromatic nitrogens is 1. The van der Waals surface area contributed by atoms with Crippen LogP contribution in [-0.2, 0) is 11.3 Å². The van der Waals surface area contributed by atoms with Crippen LogP contribution in [0.2, 0.25) is 0 Å². The van der Waals surface area contributed by atoms with E-state index >= 15 is 0 Å². The third-order valence-electron chi connectivity index (χ3n) is 4.28. The number of hydrogen-bond acceptors (Lipinski definition) is 3. The number of ether oxygens (including phenoxy) is 1. The molecule has 26 heavy (non-hydrogen) atoms. The maximum atomic E-state index is 12.3. The van der Waals surface area contributed by atoms with Crippen LogP contribution >= 0.6 is 0 Å². The average molecular weight is 350 g/mol. The van der Waals surface area contributed by atoms with Crippen molar-refractivity contribution in [2.75, 3.05) is 6.61 Å². The Labute approximate surface area is 152 Å². The fourth-order valence-electron chi connectivity index (χ4n) is 2.92. The predicted molar refractivity (Wildman–Crippen MR) is 101 cm³/mol. The molecule has 2 aromatic carbocycles. The van der Waals surface area contributed by atoms with Crippen molar-refractivity contribution in [3.8, 4) is 5.75 Å². The van der Waals surface area contributed by atoms with E-state index in [2.05, 4.69) is 6.92 Å². The van der Waals surface area contributed by atoms with Crippen molar-refractivity contribution in [2.45, 2.75) is 26.3 Å². The summed E-state index contributed by atoms with van der Waals surface area (Å²) in [6.07, 6.45) is 3.70. The van der Waals surface area contributed by atoms with Crippen molar-refractivity contribution < 1.29 is 14.3 Å². The van der Waals surface area contributed by atoms with Gasteiger partial charge in [0.1, 0.15) is 5.75 Å². The third kappa shape index (κ3) is 3.77. The Morgan fingerprint density at radius 2 is 1.88 bits per heavy atom. The fourth-order valence-corrected chi connectivity index (χ4v) is 2.92. The van der Waals surface area contributed by atoms with E-state index in [1.165, 1.54) is 0 Å². The molecule has 0 unspecified atom stereocenters. The molecule has 1 amide bonds. The second kappa shape index (κ2) is 7.87. The Kier molecular flexibility index (Phi) is 5.37. The number of fused-ring (bicyclic) bond motifs is 1. The Balaban J connectivity index is 2.02. The van der Waals surface area contributed by atoms with Gasteiger partial charge in [0.25, 0.3) is 11.7 Å². The van der Waals surface area contributed by atoms with Gasteiger partial charge in [0, 0.05) is 23.6 Å². The standard InChI is InChI=1S/C21H22N2O3/c1-2-3-11-26-16-9-10-19-17(12-16)18(20(24)21(22)25)14-23(19)13-15-7-5-4-6-8-15/h4-10,12,14H,2-3,11,13H2,1H3,(H2,22,25). The molecule has 0 fully saturated rings. The number of hydrogen-bond donors (Lipinski definition) is 1. The van der Waals surface area contributed by atoms with Gasteiger partial charge in [-0.15, -0.1) is 0 Å². The zero-order valence-electron chi connectivity index (χ0n) is 14.8. The molecule has 0 aliphatic heterocycles. The van der Waals surface area contributed by atoms with Gasteiger partial charge in [-0.1, -0.05) is 43.7 Å². The summed E-state index contributed by atoms with van der Waals surface area (Å²) in [7, 11) is 0. The minimum absolute atomic E-state index is 0.310. The Bertz CT molecular complexity index is 929. The van der Waals surface area contributed by atoms with E-state index in [4.69, 9.17) is 10.5 Å². The van der Waals surface area contributed by atoms with Gasteiger partial charge in [0.05, 0.1) is 12.2 Å². The third-order valence-corrected chi connectivity index (χ3v) is 4.28. The summed E-state index contributed by atoms with van der Waals surface area (Å²) in [6.45, 7) is 3.31. The number of carbonyl (C=O) groups excluding carboxylic acids is 2. The highest BCUT2D eigenvalue weighted by molar-refractivity contribution is 6.44. The number of rotatable bonds is 8. The van der Waals surface area contributed by atoms with Crippen LogP contribution in [0.3, 0.4) is 0 Å². The number of nitrogens with zero attached hydrogens (tertiary/aromatic N) is 1. The van der Waals surface area contributed by atoms with Gasteiger partial charge in [-0.05, 0) is 30.2 Å². The highest BCUT2D eigenvalue weighted by Gasteiger charge is 2.20. The molecule has 134 valence electrons. The molecular formula is C21H22N2O3. The molecule has 0 bridgehead atoms. The summed E-state index contributed by atoms with van der Waals surface area (Å²) >= 11 is 0. The van der Waals surface area contributed by atoms with E-state index in [1.807, 2.05) is 53.1 Å². The van der Waals surface area contributed by atoms with E-state index in [0.717, 1.165) is 23.9 Å². The number of primary amides is 1. The molecule has 0 spiro atoms. The molecule has 1 aromatic heterocycles. The number of carbonyl (C=O) groups is 2. The predicted octanol–water partition coefficient (Wildman–Crippen LogP) is 3.54. The smallest absolute Gasteiger partial charge is 0.289 e. The largest absolute Gasteiger partial charge is 0.494 e. The van der Waals surface area contributed by atoms with Gasteiger partial charge in [-0.2, -0.15) is 0 Å². The lowest BCUT2D eigenvalue weighted by Gasteiger charge is -2.08. The summed E-state index contributed by atoms with van der Waals surface area (Å²) in [5.74, 6) is -0.962. The van der Waals surface area contributed by atoms with Gasteiger partial charge in [-0.3, -0.25) is 9.59 Å². The molecule has 0 aliphatic rings. The molecule has 0 atom stereocenters. The number of benzene rings is 2. The zero-order valence-corrected chi connectivity index (χ0v) is 14.8. The van der Waals surface area contributed by atoms with Crippen LogP contribution in [0.25, 0.3) is 10.9 Å². The number of nitrogens with two attached hydrogens (primary N) is 1. The molecule has 0 radical (unpaired) electrons. The van der Waals surface area contributed by atoms with E-state index in [0.29, 0.717) is 29.9 Å². The number of unbranched alkanes of at least 4 members (excludes halogenated alkanes) is 1. The lowest BCUT2D eigenvalue weighted by atomic mass is 10.1. The fraction of sp³-hybridized carbons (Fsp3) is 0.238. The number of ketones is 1. The van der Waals surface area contributed by atoms with Gasteiger partial charge < -0.3 is 15.0 Å². The van der Waals surface area contributed by atoms with Crippen LogP contribution in [0.5, 0.6) is 5.75 Å². The zero-order chi connectivity index (χ0) is 18.5. The van der Waals surface area contributed by atoms with E-state index < -0.39 is 11.7 Å². The van der Waals surface area contributed by atoms with Crippen LogP contribution in [-0.4, -0.2) is 22.9 Å². The minimum Gasteiger partial charge on any atom is -0.494 e. The summed E-state index contributed by atoms with van der Waals surface area (Å²) < 4.78 is 7.70. The van der Waals surface area contributed by atoms with Crippen LogP contribution in [0.15, 0.2) is 54.7 Å². The van der Waals surface area contributed by atoms with Crippen molar-refractivity contribution in [3.05, 3.63) is 65.9 Å². The highest BCUT2D eigenvalue weighted by Crippen LogP contribution is 2.27. The Hall–Kier alpha value is -3.08. The van der Waals surface area contributed by atoms with Crippen molar-refractivity contribution in [2.24, 2.45) is 5.73 Å². The second-order valence-electron chi connectivity index (χ2n) is 6.23. The summed E-state index contributed by atoms with van der Waals surface area (Å²) in [6, 6.07) is 15.5. The molecule has 1 heterocycles. The van der Waals surface area contributed by atoms with Crippen LogP contribution < -0.4 is 10.5 Å². The maximum Gasteiger partial charge on any atom is 0.289 e. The summed E-state index contributed by atoms with van der Waals surface area (Å²) in [5, 5.41) is 0.679. The molecule has 2 N–H and O–H groups in total. The first kappa shape index (κ1) is 17.7. The Morgan fingerprint density at radius 3 is 2.58 bits per heavy atom.